The monoisotopic (exact) mass is 205 g/mol. The van der Waals surface area contributed by atoms with E-state index in [4.69, 9.17) is 0 Å². The molecule has 1 aromatic heterocycles. The van der Waals surface area contributed by atoms with Gasteiger partial charge < -0.3 is 5.32 Å². The first-order valence-corrected chi connectivity index (χ1v) is 4.05. The molecule has 0 bridgehead atoms. The van der Waals surface area contributed by atoms with E-state index >= 15 is 0 Å². The molecule has 0 radical (unpaired) electrons. The smallest absolute Gasteiger partial charge is 0.352 e. The second-order valence-corrected chi connectivity index (χ2v) is 3.09. The topological polar surface area (TPSA) is 37.8 Å². The lowest BCUT2D eigenvalue weighted by atomic mass is 10.3. The van der Waals surface area contributed by atoms with Gasteiger partial charge in [-0.05, 0) is 13.8 Å². The molecule has 0 saturated heterocycles. The zero-order chi connectivity index (χ0) is 10.8. The largest absolute Gasteiger partial charge is 0.419 e. The molecule has 0 saturated carbocycles. The van der Waals surface area contributed by atoms with Crippen LogP contribution in [0.2, 0.25) is 0 Å². The zero-order valence-corrected chi connectivity index (χ0v) is 7.76. The SMILES string of the molecule is CC(C)Nc1ncc(C(F)(F)F)cn1. The number of hydrogen-bond donors (Lipinski definition) is 1. The van der Waals surface area contributed by atoms with E-state index in [0.717, 1.165) is 12.4 Å². The number of hydrogen-bond acceptors (Lipinski definition) is 3. The van der Waals surface area contributed by atoms with E-state index in [9.17, 15) is 13.2 Å². The van der Waals surface area contributed by atoms with Gasteiger partial charge in [0.25, 0.3) is 0 Å². The molecule has 0 atom stereocenters. The van der Waals surface area contributed by atoms with Crippen LogP contribution in [0.4, 0.5) is 19.1 Å². The normalized spacial score (nSPS) is 11.9. The van der Waals surface area contributed by atoms with Crippen molar-refractivity contribution < 1.29 is 13.2 Å². The Balaban J connectivity index is 2.79. The molecule has 78 valence electrons. The second-order valence-electron chi connectivity index (χ2n) is 3.09. The maximum absolute atomic E-state index is 12.1. The summed E-state index contributed by atoms with van der Waals surface area (Å²) >= 11 is 0. The molecule has 0 amide bonds. The van der Waals surface area contributed by atoms with Crippen LogP contribution >= 0.6 is 0 Å². The standard InChI is InChI=1S/C8H10F3N3/c1-5(2)14-7-12-3-6(4-13-7)8(9,10)11/h3-5H,1-2H3,(H,12,13,14). The van der Waals surface area contributed by atoms with Crippen LogP contribution in [0.15, 0.2) is 12.4 Å². The van der Waals surface area contributed by atoms with Gasteiger partial charge in [-0.3, -0.25) is 0 Å². The number of rotatable bonds is 2. The van der Waals surface area contributed by atoms with E-state index in [1.165, 1.54) is 0 Å². The zero-order valence-electron chi connectivity index (χ0n) is 7.76. The Bertz CT molecular complexity index is 292. The Hall–Kier alpha value is -1.33. The molecule has 0 aliphatic rings. The van der Waals surface area contributed by atoms with E-state index in [2.05, 4.69) is 15.3 Å². The van der Waals surface area contributed by atoms with Crippen molar-refractivity contribution >= 4 is 5.95 Å². The Morgan fingerprint density at radius 3 is 2.07 bits per heavy atom. The average Bonchev–Trinajstić information content (AvgIpc) is 2.02. The van der Waals surface area contributed by atoms with E-state index in [-0.39, 0.29) is 12.0 Å². The van der Waals surface area contributed by atoms with Crippen LogP contribution in [0, 0.1) is 0 Å². The average molecular weight is 205 g/mol. The molecule has 0 fully saturated rings. The fourth-order valence-electron chi connectivity index (χ4n) is 0.807. The summed E-state index contributed by atoms with van der Waals surface area (Å²) in [5.41, 5.74) is -0.841. The first-order valence-electron chi connectivity index (χ1n) is 4.05. The van der Waals surface area contributed by atoms with E-state index in [0.29, 0.717) is 0 Å². The molecule has 1 rings (SSSR count). The molecule has 14 heavy (non-hydrogen) atoms. The van der Waals surface area contributed by atoms with E-state index < -0.39 is 11.7 Å². The number of alkyl halides is 3. The second kappa shape index (κ2) is 3.81. The van der Waals surface area contributed by atoms with Gasteiger partial charge in [0.1, 0.15) is 0 Å². The van der Waals surface area contributed by atoms with Crippen LogP contribution in [0.1, 0.15) is 19.4 Å². The fourth-order valence-corrected chi connectivity index (χ4v) is 0.807. The summed E-state index contributed by atoms with van der Waals surface area (Å²) in [5, 5.41) is 2.79. The molecule has 0 spiro atoms. The summed E-state index contributed by atoms with van der Waals surface area (Å²) in [6, 6.07) is 0.0896. The Kier molecular flexibility index (Phi) is 2.93. The maximum Gasteiger partial charge on any atom is 0.419 e. The van der Waals surface area contributed by atoms with Crippen LogP contribution in [0.5, 0.6) is 0 Å². The Labute approximate surface area is 79.4 Å². The first-order chi connectivity index (χ1) is 6.39. The highest BCUT2D eigenvalue weighted by atomic mass is 19.4. The maximum atomic E-state index is 12.1. The lowest BCUT2D eigenvalue weighted by Gasteiger charge is -2.09. The lowest BCUT2D eigenvalue weighted by Crippen LogP contribution is -2.14. The predicted octanol–water partition coefficient (Wildman–Crippen LogP) is 2.32. The van der Waals surface area contributed by atoms with Gasteiger partial charge in [0.15, 0.2) is 0 Å². The fraction of sp³-hybridized carbons (Fsp3) is 0.500. The predicted molar refractivity (Wildman–Crippen MR) is 45.8 cm³/mol. The van der Waals surface area contributed by atoms with Crippen LogP contribution in [-0.2, 0) is 6.18 Å². The summed E-state index contributed by atoms with van der Waals surface area (Å²) < 4.78 is 36.2. The Morgan fingerprint density at radius 2 is 1.71 bits per heavy atom. The lowest BCUT2D eigenvalue weighted by molar-refractivity contribution is -0.138. The minimum absolute atomic E-state index is 0.0896. The van der Waals surface area contributed by atoms with Crippen molar-refractivity contribution in [1.82, 2.24) is 9.97 Å². The third kappa shape index (κ3) is 2.86. The summed E-state index contributed by atoms with van der Waals surface area (Å²) in [5.74, 6) is 0.202. The molecule has 0 unspecified atom stereocenters. The number of aromatic nitrogens is 2. The highest BCUT2D eigenvalue weighted by molar-refractivity contribution is 5.26. The molecule has 0 aliphatic heterocycles. The van der Waals surface area contributed by atoms with Crippen molar-refractivity contribution in [1.29, 1.82) is 0 Å². The Morgan fingerprint density at radius 1 is 1.21 bits per heavy atom. The van der Waals surface area contributed by atoms with Crippen LogP contribution in [0.25, 0.3) is 0 Å². The molecule has 1 heterocycles. The van der Waals surface area contributed by atoms with Gasteiger partial charge in [-0.2, -0.15) is 13.2 Å². The van der Waals surface area contributed by atoms with Crippen LogP contribution < -0.4 is 5.32 Å². The first kappa shape index (κ1) is 10.7. The van der Waals surface area contributed by atoms with Crippen molar-refractivity contribution in [3.63, 3.8) is 0 Å². The van der Waals surface area contributed by atoms with Gasteiger partial charge in [0.2, 0.25) is 5.95 Å². The van der Waals surface area contributed by atoms with E-state index in [1.54, 1.807) is 0 Å². The van der Waals surface area contributed by atoms with Crippen LogP contribution in [-0.4, -0.2) is 16.0 Å². The van der Waals surface area contributed by atoms with Gasteiger partial charge in [-0.15, -0.1) is 0 Å². The van der Waals surface area contributed by atoms with Gasteiger partial charge in [0.05, 0.1) is 5.56 Å². The number of nitrogens with one attached hydrogen (secondary N) is 1. The molecular weight excluding hydrogens is 195 g/mol. The molecule has 3 nitrogen and oxygen atoms in total. The van der Waals surface area contributed by atoms with Gasteiger partial charge in [0, 0.05) is 18.4 Å². The highest BCUT2D eigenvalue weighted by Crippen LogP contribution is 2.27. The van der Waals surface area contributed by atoms with Crippen molar-refractivity contribution in [2.45, 2.75) is 26.1 Å². The summed E-state index contributed by atoms with van der Waals surface area (Å²) in [6.45, 7) is 3.70. The quantitative estimate of drug-likeness (QED) is 0.805. The third-order valence-electron chi connectivity index (χ3n) is 1.40. The molecule has 6 heteroatoms. The van der Waals surface area contributed by atoms with Gasteiger partial charge in [-0.25, -0.2) is 9.97 Å². The van der Waals surface area contributed by atoms with Crippen molar-refractivity contribution in [2.75, 3.05) is 5.32 Å². The van der Waals surface area contributed by atoms with Gasteiger partial charge >= 0.3 is 6.18 Å². The molecule has 1 aromatic rings. The summed E-state index contributed by atoms with van der Waals surface area (Å²) in [4.78, 5) is 7.09. The number of anilines is 1. The number of nitrogens with zero attached hydrogens (tertiary/aromatic N) is 2. The third-order valence-corrected chi connectivity index (χ3v) is 1.40. The minimum atomic E-state index is -4.38. The highest BCUT2D eigenvalue weighted by Gasteiger charge is 2.31. The molecule has 0 aromatic carbocycles. The molecule has 0 aliphatic carbocycles. The van der Waals surface area contributed by atoms with E-state index in [1.807, 2.05) is 13.8 Å². The molecule has 1 N–H and O–H groups in total. The van der Waals surface area contributed by atoms with Gasteiger partial charge in [-0.1, -0.05) is 0 Å². The minimum Gasteiger partial charge on any atom is -0.352 e. The van der Waals surface area contributed by atoms with Crippen molar-refractivity contribution in [3.05, 3.63) is 18.0 Å². The summed E-state index contributed by atoms with van der Waals surface area (Å²) in [6.07, 6.45) is -2.86. The van der Waals surface area contributed by atoms with Crippen LogP contribution in [0.3, 0.4) is 0 Å². The summed E-state index contributed by atoms with van der Waals surface area (Å²) in [7, 11) is 0. The van der Waals surface area contributed by atoms with Crippen molar-refractivity contribution in [2.24, 2.45) is 0 Å². The molecular formula is C8H10F3N3. The van der Waals surface area contributed by atoms with Crippen molar-refractivity contribution in [3.8, 4) is 0 Å². The number of halogens is 3.